The molecule has 1 saturated heterocycles. The lowest BCUT2D eigenvalue weighted by molar-refractivity contribution is 0.182. The zero-order valence-corrected chi connectivity index (χ0v) is 12.6. The molecule has 0 saturated carbocycles. The number of nitrogens with zero attached hydrogens (tertiary/aromatic N) is 2. The van der Waals surface area contributed by atoms with Crippen molar-refractivity contribution in [3.63, 3.8) is 0 Å². The van der Waals surface area contributed by atoms with Gasteiger partial charge in [0.25, 0.3) is 0 Å². The summed E-state index contributed by atoms with van der Waals surface area (Å²) >= 11 is 6.31. The van der Waals surface area contributed by atoms with Crippen LogP contribution in [0.3, 0.4) is 0 Å². The molecule has 2 aromatic rings. The van der Waals surface area contributed by atoms with Gasteiger partial charge in [0.2, 0.25) is 0 Å². The van der Waals surface area contributed by atoms with E-state index < -0.39 is 0 Å². The predicted octanol–water partition coefficient (Wildman–Crippen LogP) is 3.38. The van der Waals surface area contributed by atoms with Crippen LogP contribution in [0.25, 0.3) is 11.0 Å². The van der Waals surface area contributed by atoms with E-state index in [2.05, 4.69) is 10.6 Å². The normalized spacial score (nSPS) is 20.4. The van der Waals surface area contributed by atoms with Gasteiger partial charge in [-0.25, -0.2) is 4.98 Å². The van der Waals surface area contributed by atoms with Crippen LogP contribution in [0, 0.1) is 5.92 Å². The Hall–Kier alpha value is -1.26. The van der Waals surface area contributed by atoms with Crippen molar-refractivity contribution in [2.75, 3.05) is 20.3 Å². The van der Waals surface area contributed by atoms with E-state index in [1.807, 2.05) is 19.1 Å². The Morgan fingerprint density at radius 2 is 2.40 bits per heavy atom. The van der Waals surface area contributed by atoms with Crippen molar-refractivity contribution in [3.8, 4) is 5.75 Å². The van der Waals surface area contributed by atoms with Gasteiger partial charge >= 0.3 is 0 Å². The highest BCUT2D eigenvalue weighted by Crippen LogP contribution is 2.31. The first-order valence-corrected chi connectivity index (χ1v) is 7.39. The highest BCUT2D eigenvalue weighted by Gasteiger charge is 2.22. The maximum atomic E-state index is 6.31. The number of hydrogen-bond donors (Lipinski definition) is 0. The minimum absolute atomic E-state index is 0.130. The molecule has 0 N–H and O–H groups in total. The van der Waals surface area contributed by atoms with Crippen molar-refractivity contribution >= 4 is 22.6 Å². The van der Waals surface area contributed by atoms with Crippen LogP contribution >= 0.6 is 11.6 Å². The topological polar surface area (TPSA) is 36.3 Å². The highest BCUT2D eigenvalue weighted by molar-refractivity contribution is 6.20. The smallest absolute Gasteiger partial charge is 0.146 e. The van der Waals surface area contributed by atoms with Crippen molar-refractivity contribution < 1.29 is 9.47 Å². The largest absolute Gasteiger partial charge is 0.494 e. The zero-order chi connectivity index (χ0) is 14.1. The van der Waals surface area contributed by atoms with E-state index in [1.165, 1.54) is 0 Å². The second kappa shape index (κ2) is 5.62. The lowest BCUT2D eigenvalue weighted by atomic mass is 10.1. The van der Waals surface area contributed by atoms with E-state index in [-0.39, 0.29) is 5.38 Å². The Kier molecular flexibility index (Phi) is 3.85. The van der Waals surface area contributed by atoms with Gasteiger partial charge < -0.3 is 14.0 Å². The standard InChI is InChI=1S/C15H19ClN2O2/c1-10(16)15-17-14-12(4-3-5-13(14)19-2)18(15)8-11-6-7-20-9-11/h3-5,10-11H,6-9H2,1-2H3. The van der Waals surface area contributed by atoms with Crippen LogP contribution in [0.1, 0.15) is 24.5 Å². The summed E-state index contributed by atoms with van der Waals surface area (Å²) in [6, 6.07) is 6.00. The monoisotopic (exact) mass is 294 g/mol. The molecule has 0 spiro atoms. The van der Waals surface area contributed by atoms with Crippen molar-refractivity contribution in [3.05, 3.63) is 24.0 Å². The summed E-state index contributed by atoms with van der Waals surface area (Å²) in [4.78, 5) is 4.69. The molecule has 3 rings (SSSR count). The molecule has 4 nitrogen and oxygen atoms in total. The number of aromatic nitrogens is 2. The van der Waals surface area contributed by atoms with Gasteiger partial charge in [-0.3, -0.25) is 0 Å². The molecule has 0 aliphatic carbocycles. The van der Waals surface area contributed by atoms with Crippen molar-refractivity contribution in [2.24, 2.45) is 5.92 Å². The molecule has 1 aromatic carbocycles. The van der Waals surface area contributed by atoms with Gasteiger partial charge in [-0.05, 0) is 25.5 Å². The first kappa shape index (κ1) is 13.7. The number of para-hydroxylation sites is 1. The van der Waals surface area contributed by atoms with Crippen LogP contribution in [-0.4, -0.2) is 29.9 Å². The molecule has 2 heterocycles. The molecule has 2 atom stereocenters. The number of rotatable bonds is 4. The van der Waals surface area contributed by atoms with Gasteiger partial charge in [-0.1, -0.05) is 6.07 Å². The predicted molar refractivity (Wildman–Crippen MR) is 79.5 cm³/mol. The molecule has 0 bridgehead atoms. The van der Waals surface area contributed by atoms with Gasteiger partial charge in [-0.2, -0.15) is 0 Å². The van der Waals surface area contributed by atoms with Crippen LogP contribution < -0.4 is 4.74 Å². The van der Waals surface area contributed by atoms with Gasteiger partial charge in [0.15, 0.2) is 0 Å². The Morgan fingerprint density at radius 1 is 1.55 bits per heavy atom. The SMILES string of the molecule is COc1cccc2c1nc(C(C)Cl)n2CC1CCOC1. The molecule has 5 heteroatoms. The van der Waals surface area contributed by atoms with E-state index in [0.29, 0.717) is 5.92 Å². The number of benzene rings is 1. The Labute approximate surface area is 123 Å². The third-order valence-electron chi connectivity index (χ3n) is 3.81. The minimum Gasteiger partial charge on any atom is -0.494 e. The lowest BCUT2D eigenvalue weighted by Gasteiger charge is -2.14. The van der Waals surface area contributed by atoms with Gasteiger partial charge in [0.1, 0.15) is 17.1 Å². The first-order chi connectivity index (χ1) is 9.70. The number of ether oxygens (including phenoxy) is 2. The Bertz CT molecular complexity index is 603. The molecular formula is C15H19ClN2O2. The average Bonchev–Trinajstić information content (AvgIpc) is 3.07. The summed E-state index contributed by atoms with van der Waals surface area (Å²) in [5.74, 6) is 2.23. The molecule has 0 amide bonds. The van der Waals surface area contributed by atoms with E-state index >= 15 is 0 Å². The number of imidazole rings is 1. The summed E-state index contributed by atoms with van der Waals surface area (Å²) in [6.45, 7) is 4.53. The van der Waals surface area contributed by atoms with E-state index in [4.69, 9.17) is 26.1 Å². The minimum atomic E-state index is -0.130. The third kappa shape index (κ3) is 2.38. The molecule has 1 aromatic heterocycles. The maximum Gasteiger partial charge on any atom is 0.146 e. The van der Waals surface area contributed by atoms with Crippen LogP contribution in [0.15, 0.2) is 18.2 Å². The fourth-order valence-electron chi connectivity index (χ4n) is 2.79. The fourth-order valence-corrected chi connectivity index (χ4v) is 2.95. The summed E-state index contributed by atoms with van der Waals surface area (Å²) in [5.41, 5.74) is 1.97. The number of fused-ring (bicyclic) bond motifs is 1. The van der Waals surface area contributed by atoms with Crippen molar-refractivity contribution in [2.45, 2.75) is 25.3 Å². The van der Waals surface area contributed by atoms with E-state index in [9.17, 15) is 0 Å². The van der Waals surface area contributed by atoms with Crippen molar-refractivity contribution in [1.29, 1.82) is 0 Å². The van der Waals surface area contributed by atoms with Gasteiger partial charge in [0.05, 0.1) is 24.6 Å². The number of methoxy groups -OCH3 is 1. The van der Waals surface area contributed by atoms with Crippen LogP contribution in [0.2, 0.25) is 0 Å². The second-order valence-corrected chi connectivity index (χ2v) is 5.91. The molecule has 1 aliphatic rings. The summed E-state index contributed by atoms with van der Waals surface area (Å²) in [7, 11) is 1.67. The number of alkyl halides is 1. The highest BCUT2D eigenvalue weighted by atomic mass is 35.5. The fraction of sp³-hybridized carbons (Fsp3) is 0.533. The Morgan fingerprint density at radius 3 is 3.05 bits per heavy atom. The first-order valence-electron chi connectivity index (χ1n) is 6.95. The quantitative estimate of drug-likeness (QED) is 0.811. The zero-order valence-electron chi connectivity index (χ0n) is 11.8. The lowest BCUT2D eigenvalue weighted by Crippen LogP contribution is -2.13. The summed E-state index contributed by atoms with van der Waals surface area (Å²) in [5, 5.41) is -0.130. The van der Waals surface area contributed by atoms with Gasteiger partial charge in [0, 0.05) is 19.1 Å². The van der Waals surface area contributed by atoms with E-state index in [1.54, 1.807) is 7.11 Å². The van der Waals surface area contributed by atoms with Crippen molar-refractivity contribution in [1.82, 2.24) is 9.55 Å². The molecule has 20 heavy (non-hydrogen) atoms. The maximum absolute atomic E-state index is 6.31. The Balaban J connectivity index is 2.08. The molecule has 1 fully saturated rings. The van der Waals surface area contributed by atoms with Crippen LogP contribution in [0.4, 0.5) is 0 Å². The molecule has 1 aliphatic heterocycles. The summed E-state index contributed by atoms with van der Waals surface area (Å²) in [6.07, 6.45) is 1.10. The summed E-state index contributed by atoms with van der Waals surface area (Å²) < 4.78 is 13.1. The number of hydrogen-bond acceptors (Lipinski definition) is 3. The third-order valence-corrected chi connectivity index (χ3v) is 4.01. The second-order valence-electron chi connectivity index (χ2n) is 5.25. The van der Waals surface area contributed by atoms with Crippen LogP contribution in [0.5, 0.6) is 5.75 Å². The molecule has 2 unspecified atom stereocenters. The molecular weight excluding hydrogens is 276 g/mol. The van der Waals surface area contributed by atoms with Gasteiger partial charge in [-0.15, -0.1) is 11.6 Å². The number of halogens is 1. The molecule has 108 valence electrons. The van der Waals surface area contributed by atoms with Crippen LogP contribution in [-0.2, 0) is 11.3 Å². The van der Waals surface area contributed by atoms with E-state index in [0.717, 1.165) is 48.8 Å². The molecule has 0 radical (unpaired) electrons. The average molecular weight is 295 g/mol.